The summed E-state index contributed by atoms with van der Waals surface area (Å²) in [6.45, 7) is 0. The lowest BCUT2D eigenvalue weighted by Crippen LogP contribution is -2.02. The van der Waals surface area contributed by atoms with E-state index in [0.717, 1.165) is 0 Å². The van der Waals surface area contributed by atoms with Crippen LogP contribution >= 0.6 is 23.5 Å². The van der Waals surface area contributed by atoms with E-state index in [9.17, 15) is 8.42 Å². The maximum atomic E-state index is 12.5. The number of thioether (sulfide) groups is 2. The van der Waals surface area contributed by atoms with Gasteiger partial charge in [0.2, 0.25) is 0 Å². The molecule has 0 amide bonds. The minimum Gasteiger partial charge on any atom is -0.456 e. The molecule has 22 heavy (non-hydrogen) atoms. The highest BCUT2D eigenvalue weighted by atomic mass is 32.2. The number of ether oxygens (including phenoxy) is 1. The first-order valence-electron chi connectivity index (χ1n) is 6.31. The third-order valence-corrected chi connectivity index (χ3v) is 6.07. The Kier molecular flexibility index (Phi) is 5.93. The number of hydrogen-bond acceptors (Lipinski definition) is 5. The van der Waals surface area contributed by atoms with Crippen molar-refractivity contribution < 1.29 is 13.2 Å². The fourth-order valence-electron chi connectivity index (χ4n) is 1.67. The van der Waals surface area contributed by atoms with Crippen molar-refractivity contribution >= 4 is 37.9 Å². The molecule has 0 spiro atoms. The van der Waals surface area contributed by atoms with E-state index in [2.05, 4.69) is 4.40 Å². The van der Waals surface area contributed by atoms with E-state index in [1.54, 1.807) is 42.8 Å². The molecule has 0 atom stereocenters. The summed E-state index contributed by atoms with van der Waals surface area (Å²) in [7, 11) is -3.81. The van der Waals surface area contributed by atoms with Crippen molar-refractivity contribution in [1.82, 2.24) is 0 Å². The Bertz CT molecular complexity index is 753. The largest absolute Gasteiger partial charge is 0.456 e. The normalized spacial score (nSPS) is 11.0. The monoisotopic (exact) mass is 353 g/mol. The zero-order valence-corrected chi connectivity index (χ0v) is 14.5. The number of para-hydroxylation sites is 2. The fraction of sp³-hybridized carbons (Fsp3) is 0.133. The van der Waals surface area contributed by atoms with Crippen LogP contribution in [0.5, 0.6) is 11.5 Å². The third kappa shape index (κ3) is 4.28. The highest BCUT2D eigenvalue weighted by Gasteiger charge is 2.20. The van der Waals surface area contributed by atoms with Crippen LogP contribution in [0.25, 0.3) is 0 Å². The van der Waals surface area contributed by atoms with Crippen LogP contribution in [-0.4, -0.2) is 25.3 Å². The molecule has 4 nitrogen and oxygen atoms in total. The van der Waals surface area contributed by atoms with Crippen molar-refractivity contribution in [2.75, 3.05) is 12.5 Å². The fourth-order valence-corrected chi connectivity index (χ4v) is 4.43. The summed E-state index contributed by atoms with van der Waals surface area (Å²) in [6.07, 6.45) is 3.58. The quantitative estimate of drug-likeness (QED) is 0.607. The minimum absolute atomic E-state index is 0.0550. The zero-order chi connectivity index (χ0) is 16.0. The first-order valence-corrected chi connectivity index (χ1v) is 10.2. The maximum Gasteiger partial charge on any atom is 0.287 e. The van der Waals surface area contributed by atoms with Gasteiger partial charge in [-0.1, -0.05) is 30.3 Å². The molecule has 0 radical (unpaired) electrons. The Morgan fingerprint density at radius 3 is 2.18 bits per heavy atom. The Labute approximate surface area is 139 Å². The minimum atomic E-state index is -3.81. The predicted octanol–water partition coefficient (Wildman–Crippen LogP) is 4.25. The highest BCUT2D eigenvalue weighted by Crippen LogP contribution is 2.30. The lowest BCUT2D eigenvalue weighted by Gasteiger charge is -2.10. The first-order chi connectivity index (χ1) is 10.6. The van der Waals surface area contributed by atoms with Crippen molar-refractivity contribution in [1.29, 1.82) is 0 Å². The molecular weight excluding hydrogens is 338 g/mol. The molecule has 0 aromatic heterocycles. The standard InChI is InChI=1S/C15H15NO3S3/c1-20-15(21-2)16-22(17,18)14-11-7-6-10-13(14)19-12-8-4-3-5-9-12/h3-11H,1-2H3. The van der Waals surface area contributed by atoms with Crippen molar-refractivity contribution in [3.63, 3.8) is 0 Å². The molecule has 0 saturated carbocycles. The highest BCUT2D eigenvalue weighted by molar-refractivity contribution is 8.38. The van der Waals surface area contributed by atoms with Gasteiger partial charge < -0.3 is 4.74 Å². The van der Waals surface area contributed by atoms with Gasteiger partial charge >= 0.3 is 0 Å². The van der Waals surface area contributed by atoms with Crippen molar-refractivity contribution in [2.24, 2.45) is 4.40 Å². The van der Waals surface area contributed by atoms with Crippen LogP contribution in [0.3, 0.4) is 0 Å². The van der Waals surface area contributed by atoms with E-state index >= 15 is 0 Å². The molecule has 2 aromatic rings. The summed E-state index contributed by atoms with van der Waals surface area (Å²) in [5.41, 5.74) is 0. The second-order valence-electron chi connectivity index (χ2n) is 4.10. The van der Waals surface area contributed by atoms with Crippen LogP contribution < -0.4 is 4.74 Å². The van der Waals surface area contributed by atoms with Crippen molar-refractivity contribution in [3.05, 3.63) is 54.6 Å². The first kappa shape index (κ1) is 16.9. The van der Waals surface area contributed by atoms with Gasteiger partial charge in [0, 0.05) is 0 Å². The molecule has 0 aliphatic heterocycles. The molecule has 7 heteroatoms. The lowest BCUT2D eigenvalue weighted by molar-refractivity contribution is 0.467. The van der Waals surface area contributed by atoms with Gasteiger partial charge in [0.15, 0.2) is 0 Å². The summed E-state index contributed by atoms with van der Waals surface area (Å²) in [4.78, 5) is 0.0550. The lowest BCUT2D eigenvalue weighted by atomic mass is 10.3. The molecular formula is C15H15NO3S3. The maximum absolute atomic E-state index is 12.5. The summed E-state index contributed by atoms with van der Waals surface area (Å²) in [5.74, 6) is 0.836. The number of hydrogen-bond donors (Lipinski definition) is 0. The van der Waals surface area contributed by atoms with E-state index in [1.165, 1.54) is 29.6 Å². The van der Waals surface area contributed by atoms with E-state index in [1.807, 2.05) is 18.2 Å². The van der Waals surface area contributed by atoms with E-state index in [-0.39, 0.29) is 10.6 Å². The van der Waals surface area contributed by atoms with Gasteiger partial charge in [-0.25, -0.2) is 0 Å². The van der Waals surface area contributed by atoms with Crippen LogP contribution in [0, 0.1) is 0 Å². The smallest absolute Gasteiger partial charge is 0.287 e. The molecule has 0 saturated heterocycles. The van der Waals surface area contributed by atoms with E-state index in [4.69, 9.17) is 4.74 Å². The Hall–Kier alpha value is -1.44. The zero-order valence-electron chi connectivity index (χ0n) is 12.1. The second kappa shape index (κ2) is 7.71. The summed E-state index contributed by atoms with van der Waals surface area (Å²) >= 11 is 2.59. The van der Waals surface area contributed by atoms with Crippen molar-refractivity contribution in [3.8, 4) is 11.5 Å². The Morgan fingerprint density at radius 1 is 0.955 bits per heavy atom. The number of sulfonamides is 1. The molecule has 116 valence electrons. The van der Waals surface area contributed by atoms with Gasteiger partial charge in [-0.2, -0.15) is 8.42 Å². The molecule has 0 unspecified atom stereocenters. The number of benzene rings is 2. The predicted molar refractivity (Wildman–Crippen MR) is 94.6 cm³/mol. The third-order valence-electron chi connectivity index (χ3n) is 2.64. The van der Waals surface area contributed by atoms with Crippen LogP contribution in [0.2, 0.25) is 0 Å². The van der Waals surface area contributed by atoms with Gasteiger partial charge in [-0.15, -0.1) is 27.9 Å². The molecule has 2 aromatic carbocycles. The second-order valence-corrected chi connectivity index (χ2v) is 7.52. The topological polar surface area (TPSA) is 55.7 Å². The molecule has 0 fully saturated rings. The Morgan fingerprint density at radius 2 is 1.55 bits per heavy atom. The summed E-state index contributed by atoms with van der Waals surface area (Å²) in [5, 5.41) is 0. The van der Waals surface area contributed by atoms with Crippen LogP contribution in [-0.2, 0) is 10.0 Å². The van der Waals surface area contributed by atoms with Gasteiger partial charge in [-0.3, -0.25) is 0 Å². The van der Waals surface area contributed by atoms with Crippen molar-refractivity contribution in [2.45, 2.75) is 4.90 Å². The molecule has 2 rings (SSSR count). The van der Waals surface area contributed by atoms with Crippen LogP contribution in [0.4, 0.5) is 0 Å². The average Bonchev–Trinajstić information content (AvgIpc) is 2.54. The van der Waals surface area contributed by atoms with Gasteiger partial charge in [0.25, 0.3) is 10.0 Å². The SMILES string of the molecule is CSC(=NS(=O)(=O)c1ccccc1Oc1ccccc1)SC. The van der Waals surface area contributed by atoms with Crippen LogP contribution in [0.1, 0.15) is 0 Å². The molecule has 0 N–H and O–H groups in total. The van der Waals surface area contributed by atoms with E-state index < -0.39 is 10.0 Å². The van der Waals surface area contributed by atoms with Gasteiger partial charge in [-0.05, 0) is 36.8 Å². The summed E-state index contributed by atoms with van der Waals surface area (Å²) < 4.78 is 35.0. The van der Waals surface area contributed by atoms with E-state index in [0.29, 0.717) is 10.1 Å². The summed E-state index contributed by atoms with van der Waals surface area (Å²) in [6, 6.07) is 15.5. The molecule has 0 bridgehead atoms. The van der Waals surface area contributed by atoms with Gasteiger partial charge in [0.1, 0.15) is 20.8 Å². The number of nitrogens with zero attached hydrogens (tertiary/aromatic N) is 1. The Balaban J connectivity index is 2.42. The molecule has 0 heterocycles. The van der Waals surface area contributed by atoms with Crippen LogP contribution in [0.15, 0.2) is 63.9 Å². The molecule has 0 aliphatic carbocycles. The van der Waals surface area contributed by atoms with Gasteiger partial charge in [0.05, 0.1) is 0 Å². The average molecular weight is 353 g/mol. The molecule has 0 aliphatic rings. The number of rotatable bonds is 4.